The van der Waals surface area contributed by atoms with Gasteiger partial charge >= 0.3 is 0 Å². The monoisotopic (exact) mass is 480 g/mol. The van der Waals surface area contributed by atoms with Crippen LogP contribution >= 0.6 is 0 Å². The molecule has 4 nitrogen and oxygen atoms in total. The second-order valence-corrected chi connectivity index (χ2v) is 10.2. The number of aromatic nitrogens is 4. The molecule has 2 bridgehead atoms. The van der Waals surface area contributed by atoms with Crippen LogP contribution in [0.2, 0.25) is 0 Å². The van der Waals surface area contributed by atoms with Gasteiger partial charge in [0.15, 0.2) is 17.5 Å². The van der Waals surface area contributed by atoms with Crippen LogP contribution in [0, 0.1) is 0 Å². The number of hydrogen-bond acceptors (Lipinski definition) is 4. The van der Waals surface area contributed by atoms with Crippen LogP contribution in [0.25, 0.3) is 45.4 Å². The Balaban J connectivity index is 1.30. The van der Waals surface area contributed by atoms with Gasteiger partial charge in [-0.05, 0) is 72.4 Å². The molecule has 2 heterocycles. The van der Waals surface area contributed by atoms with Crippen LogP contribution in [0.1, 0.15) is 54.7 Å². The molecule has 2 unspecified atom stereocenters. The SMILES string of the molecule is CCc1cc2c(cc1-c1ccc(-c3nc(-c4ccccc4)nc(-c4ccccc4)n3)cn1)C1CCC2C1. The van der Waals surface area contributed by atoms with Crippen LogP contribution < -0.4 is 0 Å². The van der Waals surface area contributed by atoms with E-state index in [1.807, 2.05) is 66.9 Å². The van der Waals surface area contributed by atoms with Gasteiger partial charge in [0.05, 0.1) is 5.69 Å². The molecule has 2 atom stereocenters. The molecule has 3 aromatic carbocycles. The maximum absolute atomic E-state index is 4.93. The van der Waals surface area contributed by atoms with Crippen molar-refractivity contribution in [1.82, 2.24) is 19.9 Å². The van der Waals surface area contributed by atoms with E-state index in [1.54, 1.807) is 11.1 Å². The van der Waals surface area contributed by atoms with Gasteiger partial charge in [0, 0.05) is 28.5 Å². The number of aryl methyl sites for hydroxylation is 1. The Hall–Kier alpha value is -4.18. The van der Waals surface area contributed by atoms with Gasteiger partial charge in [-0.25, -0.2) is 15.0 Å². The lowest BCUT2D eigenvalue weighted by Gasteiger charge is -2.19. The summed E-state index contributed by atoms with van der Waals surface area (Å²) in [5.74, 6) is 3.47. The average Bonchev–Trinajstić information content (AvgIpc) is 3.60. The summed E-state index contributed by atoms with van der Waals surface area (Å²) in [7, 11) is 0. The minimum absolute atomic E-state index is 0.633. The van der Waals surface area contributed by atoms with Crippen molar-refractivity contribution < 1.29 is 0 Å². The molecule has 0 amide bonds. The predicted octanol–water partition coefficient (Wildman–Crippen LogP) is 7.86. The Labute approximate surface area is 217 Å². The number of nitrogens with zero attached hydrogens (tertiary/aromatic N) is 4. The second kappa shape index (κ2) is 9.04. The highest BCUT2D eigenvalue weighted by atomic mass is 15.0. The van der Waals surface area contributed by atoms with Gasteiger partial charge < -0.3 is 0 Å². The Morgan fingerprint density at radius 3 is 1.76 bits per heavy atom. The van der Waals surface area contributed by atoms with Gasteiger partial charge in [0.1, 0.15) is 0 Å². The summed E-state index contributed by atoms with van der Waals surface area (Å²) in [6, 6.07) is 29.3. The first-order valence-electron chi connectivity index (χ1n) is 13.3. The molecule has 1 saturated carbocycles. The van der Waals surface area contributed by atoms with Crippen LogP contribution in [0.5, 0.6) is 0 Å². The largest absolute Gasteiger partial charge is 0.255 e. The normalized spacial score (nSPS) is 17.6. The van der Waals surface area contributed by atoms with E-state index in [4.69, 9.17) is 19.9 Å². The molecule has 37 heavy (non-hydrogen) atoms. The molecule has 5 aromatic rings. The number of rotatable bonds is 5. The third-order valence-electron chi connectivity index (χ3n) is 8.00. The zero-order valence-electron chi connectivity index (χ0n) is 20.9. The zero-order valence-corrected chi connectivity index (χ0v) is 20.9. The minimum Gasteiger partial charge on any atom is -0.255 e. The van der Waals surface area contributed by atoms with E-state index in [0.717, 1.165) is 40.6 Å². The van der Waals surface area contributed by atoms with E-state index >= 15 is 0 Å². The van der Waals surface area contributed by atoms with Crippen molar-refractivity contribution in [3.63, 3.8) is 0 Å². The molecule has 0 radical (unpaired) electrons. The Kier molecular flexibility index (Phi) is 5.39. The van der Waals surface area contributed by atoms with E-state index < -0.39 is 0 Å². The lowest BCUT2D eigenvalue weighted by molar-refractivity contribution is 0.716. The highest BCUT2D eigenvalue weighted by Crippen LogP contribution is 2.54. The van der Waals surface area contributed by atoms with Crippen LogP contribution in [0.3, 0.4) is 0 Å². The third kappa shape index (κ3) is 3.93. The second-order valence-electron chi connectivity index (χ2n) is 10.2. The van der Waals surface area contributed by atoms with Crippen LogP contribution in [0.15, 0.2) is 91.1 Å². The Morgan fingerprint density at radius 1 is 0.649 bits per heavy atom. The van der Waals surface area contributed by atoms with Gasteiger partial charge in [0.25, 0.3) is 0 Å². The van der Waals surface area contributed by atoms with Gasteiger partial charge in [-0.3, -0.25) is 4.98 Å². The quantitative estimate of drug-likeness (QED) is 0.257. The highest BCUT2D eigenvalue weighted by molar-refractivity contribution is 5.71. The van der Waals surface area contributed by atoms with Crippen LogP contribution in [0.4, 0.5) is 0 Å². The van der Waals surface area contributed by atoms with E-state index in [2.05, 4.69) is 31.2 Å². The molecular formula is C33H28N4. The fourth-order valence-electron chi connectivity index (χ4n) is 6.09. The minimum atomic E-state index is 0.633. The number of fused-ring (bicyclic) bond motifs is 5. The van der Waals surface area contributed by atoms with Crippen LogP contribution in [-0.4, -0.2) is 19.9 Å². The first kappa shape index (κ1) is 22.1. The summed E-state index contributed by atoms with van der Waals surface area (Å²) in [5.41, 5.74) is 9.66. The summed E-state index contributed by atoms with van der Waals surface area (Å²) >= 11 is 0. The molecule has 4 heteroatoms. The third-order valence-corrected chi connectivity index (χ3v) is 8.00. The number of hydrogen-bond donors (Lipinski definition) is 0. The molecule has 180 valence electrons. The summed E-state index contributed by atoms with van der Waals surface area (Å²) in [4.78, 5) is 19.4. The first-order chi connectivity index (χ1) is 18.3. The van der Waals surface area contributed by atoms with Crippen molar-refractivity contribution in [2.45, 2.75) is 44.4 Å². The topological polar surface area (TPSA) is 51.6 Å². The molecule has 1 fully saturated rings. The Bertz CT molecular complexity index is 1520. The van der Waals surface area contributed by atoms with Gasteiger partial charge in [-0.15, -0.1) is 0 Å². The van der Waals surface area contributed by atoms with Crippen molar-refractivity contribution in [3.8, 4) is 45.4 Å². The van der Waals surface area contributed by atoms with E-state index in [-0.39, 0.29) is 0 Å². The first-order valence-corrected chi connectivity index (χ1v) is 13.3. The summed E-state index contributed by atoms with van der Waals surface area (Å²) in [6.45, 7) is 2.24. The lowest BCUT2D eigenvalue weighted by Crippen LogP contribution is -2.02. The zero-order chi connectivity index (χ0) is 24.8. The maximum atomic E-state index is 4.93. The van der Waals surface area contributed by atoms with Crippen molar-refractivity contribution in [2.24, 2.45) is 0 Å². The fourth-order valence-corrected chi connectivity index (χ4v) is 6.09. The Morgan fingerprint density at radius 2 is 1.22 bits per heavy atom. The molecule has 0 saturated heterocycles. The number of benzene rings is 3. The molecule has 0 N–H and O–H groups in total. The van der Waals surface area contributed by atoms with Crippen molar-refractivity contribution in [1.29, 1.82) is 0 Å². The summed E-state index contributed by atoms with van der Waals surface area (Å²) < 4.78 is 0. The molecule has 2 aromatic heterocycles. The summed E-state index contributed by atoms with van der Waals surface area (Å²) in [6.07, 6.45) is 6.95. The van der Waals surface area contributed by atoms with Crippen molar-refractivity contribution in [2.75, 3.05) is 0 Å². The van der Waals surface area contributed by atoms with E-state index in [1.165, 1.54) is 30.4 Å². The predicted molar refractivity (Wildman–Crippen MR) is 148 cm³/mol. The average molecular weight is 481 g/mol. The molecule has 2 aliphatic rings. The van der Waals surface area contributed by atoms with E-state index in [9.17, 15) is 0 Å². The van der Waals surface area contributed by atoms with Crippen molar-refractivity contribution in [3.05, 3.63) is 108 Å². The molecular weight excluding hydrogens is 452 g/mol. The summed E-state index contributed by atoms with van der Waals surface area (Å²) in [5, 5.41) is 0. The molecule has 0 aliphatic heterocycles. The number of pyridine rings is 1. The maximum Gasteiger partial charge on any atom is 0.165 e. The van der Waals surface area contributed by atoms with Gasteiger partial charge in [-0.1, -0.05) is 73.7 Å². The van der Waals surface area contributed by atoms with Gasteiger partial charge in [-0.2, -0.15) is 0 Å². The standard InChI is InChI=1S/C33H28N4/c1-2-21-18-27-24-13-14-25(17-24)28(27)19-29(21)30-16-15-26(20-34-30)33-36-31(22-9-5-3-6-10-22)35-32(37-33)23-11-7-4-8-12-23/h3-12,15-16,18-20,24-25H,2,13-14,17H2,1H3. The lowest BCUT2D eigenvalue weighted by atomic mass is 9.86. The van der Waals surface area contributed by atoms with Crippen molar-refractivity contribution >= 4 is 0 Å². The smallest absolute Gasteiger partial charge is 0.165 e. The highest BCUT2D eigenvalue weighted by Gasteiger charge is 2.37. The molecule has 2 aliphatic carbocycles. The van der Waals surface area contributed by atoms with Gasteiger partial charge in [0.2, 0.25) is 0 Å². The van der Waals surface area contributed by atoms with Crippen LogP contribution in [-0.2, 0) is 6.42 Å². The fraction of sp³-hybridized carbons (Fsp3) is 0.212. The van der Waals surface area contributed by atoms with E-state index in [0.29, 0.717) is 17.5 Å². The molecule has 0 spiro atoms. The molecule has 7 rings (SSSR count).